The van der Waals surface area contributed by atoms with Crippen LogP contribution in [0.3, 0.4) is 0 Å². The maximum Gasteiger partial charge on any atom is 0.149 e. The van der Waals surface area contributed by atoms with E-state index in [1.54, 1.807) is 0 Å². The van der Waals surface area contributed by atoms with Gasteiger partial charge in [0.05, 0.1) is 0 Å². The van der Waals surface area contributed by atoms with Crippen molar-refractivity contribution in [3.8, 4) is 0 Å². The van der Waals surface area contributed by atoms with Crippen LogP contribution in [0, 0.1) is 11.6 Å². The molecule has 3 nitrogen and oxygen atoms in total. The molecule has 5 heteroatoms. The summed E-state index contributed by atoms with van der Waals surface area (Å²) < 4.78 is 25.9. The molecule has 14 heavy (non-hydrogen) atoms. The lowest BCUT2D eigenvalue weighted by molar-refractivity contribution is 0.276. The number of hydrogen-bond acceptors (Lipinski definition) is 3. The highest BCUT2D eigenvalue weighted by molar-refractivity contribution is 5.43. The van der Waals surface area contributed by atoms with Crippen LogP contribution in [0.1, 0.15) is 18.0 Å². The lowest BCUT2D eigenvalue weighted by Crippen LogP contribution is -2.13. The Morgan fingerprint density at radius 2 is 1.79 bits per heavy atom. The van der Waals surface area contributed by atoms with Gasteiger partial charge in [-0.2, -0.15) is 0 Å². The highest BCUT2D eigenvalue weighted by Gasteiger charge is 2.12. The number of rotatable bonds is 3. The van der Waals surface area contributed by atoms with E-state index >= 15 is 0 Å². The molecule has 78 valence electrons. The normalized spacial score (nSPS) is 12.9. The van der Waals surface area contributed by atoms with E-state index in [0.717, 1.165) is 12.1 Å². The van der Waals surface area contributed by atoms with Crippen molar-refractivity contribution in [3.63, 3.8) is 0 Å². The zero-order chi connectivity index (χ0) is 10.7. The minimum atomic E-state index is -0.826. The average Bonchev–Trinajstić information content (AvgIpc) is 2.13. The zero-order valence-corrected chi connectivity index (χ0v) is 7.50. The van der Waals surface area contributed by atoms with Crippen LogP contribution in [-0.4, -0.2) is 11.7 Å². The molecule has 0 aliphatic carbocycles. The molecular formula is C9H12F2N2O. The number of benzene rings is 1. The fourth-order valence-corrected chi connectivity index (χ4v) is 1.12. The molecular weight excluding hydrogens is 190 g/mol. The molecule has 5 N–H and O–H groups in total. The summed E-state index contributed by atoms with van der Waals surface area (Å²) in [6.07, 6.45) is 0.253. The van der Waals surface area contributed by atoms with Gasteiger partial charge in [-0.15, -0.1) is 0 Å². The van der Waals surface area contributed by atoms with Crippen molar-refractivity contribution in [1.29, 1.82) is 0 Å². The Morgan fingerprint density at radius 1 is 1.29 bits per heavy atom. The fourth-order valence-electron chi connectivity index (χ4n) is 1.12. The smallest absolute Gasteiger partial charge is 0.149 e. The lowest BCUT2D eigenvalue weighted by Gasteiger charge is -2.11. The van der Waals surface area contributed by atoms with Crippen LogP contribution in [0.4, 0.5) is 14.5 Å². The van der Waals surface area contributed by atoms with Gasteiger partial charge in [-0.25, -0.2) is 8.78 Å². The van der Waals surface area contributed by atoms with Crippen molar-refractivity contribution < 1.29 is 13.9 Å². The van der Waals surface area contributed by atoms with Gasteiger partial charge < -0.3 is 16.6 Å². The molecule has 0 radical (unpaired) electrons. The summed E-state index contributed by atoms with van der Waals surface area (Å²) >= 11 is 0. The van der Waals surface area contributed by atoms with Crippen LogP contribution in [0.15, 0.2) is 12.1 Å². The van der Waals surface area contributed by atoms with Gasteiger partial charge in [-0.3, -0.25) is 0 Å². The van der Waals surface area contributed by atoms with Crippen molar-refractivity contribution in [2.45, 2.75) is 12.5 Å². The topological polar surface area (TPSA) is 72.3 Å². The third-order valence-corrected chi connectivity index (χ3v) is 1.97. The summed E-state index contributed by atoms with van der Waals surface area (Å²) in [5.41, 5.74) is 10.4. The SMILES string of the molecule is Nc1c(F)cc([C@H](N)CCO)cc1F. The van der Waals surface area contributed by atoms with Crippen molar-refractivity contribution in [3.05, 3.63) is 29.3 Å². The van der Waals surface area contributed by atoms with Gasteiger partial charge in [0, 0.05) is 12.6 Å². The molecule has 0 fully saturated rings. The Hall–Kier alpha value is -1.20. The first-order chi connectivity index (χ1) is 6.56. The number of anilines is 1. The highest BCUT2D eigenvalue weighted by atomic mass is 19.1. The molecule has 0 spiro atoms. The van der Waals surface area contributed by atoms with Gasteiger partial charge >= 0.3 is 0 Å². The molecule has 1 rings (SSSR count). The molecule has 0 amide bonds. The van der Waals surface area contributed by atoms with E-state index in [4.69, 9.17) is 16.6 Å². The summed E-state index contributed by atoms with van der Waals surface area (Å²) in [4.78, 5) is 0. The number of halogens is 2. The summed E-state index contributed by atoms with van der Waals surface area (Å²) in [6, 6.07) is 1.59. The molecule has 0 aliphatic rings. The Morgan fingerprint density at radius 3 is 2.21 bits per heavy atom. The first-order valence-electron chi connectivity index (χ1n) is 4.17. The third kappa shape index (κ3) is 2.18. The summed E-state index contributed by atoms with van der Waals surface area (Å²) in [7, 11) is 0. The number of hydrogen-bond donors (Lipinski definition) is 3. The average molecular weight is 202 g/mol. The van der Waals surface area contributed by atoms with Crippen LogP contribution in [0.25, 0.3) is 0 Å². The van der Waals surface area contributed by atoms with Gasteiger partial charge in [0.2, 0.25) is 0 Å². The Balaban J connectivity index is 3.00. The van der Waals surface area contributed by atoms with Crippen LogP contribution >= 0.6 is 0 Å². The second kappa shape index (κ2) is 4.34. The number of aliphatic hydroxyl groups is 1. The summed E-state index contributed by atoms with van der Waals surface area (Å²) in [6.45, 7) is -0.130. The first kappa shape index (κ1) is 10.9. The molecule has 0 unspecified atom stereocenters. The molecule has 1 aromatic rings. The maximum absolute atomic E-state index is 13.0. The number of nitrogen functional groups attached to an aromatic ring is 1. The number of nitrogens with two attached hydrogens (primary N) is 2. The van der Waals surface area contributed by atoms with Gasteiger partial charge in [0.1, 0.15) is 17.3 Å². The van der Waals surface area contributed by atoms with E-state index in [0.29, 0.717) is 5.56 Å². The zero-order valence-electron chi connectivity index (χ0n) is 7.50. The van der Waals surface area contributed by atoms with Gasteiger partial charge in [-0.1, -0.05) is 0 Å². The van der Waals surface area contributed by atoms with Gasteiger partial charge in [-0.05, 0) is 24.1 Å². The van der Waals surface area contributed by atoms with Crippen molar-refractivity contribution in [2.75, 3.05) is 12.3 Å². The molecule has 0 aliphatic heterocycles. The minimum absolute atomic E-state index is 0.130. The van der Waals surface area contributed by atoms with E-state index in [2.05, 4.69) is 0 Å². The van der Waals surface area contributed by atoms with Crippen LogP contribution in [0.5, 0.6) is 0 Å². The standard InChI is InChI=1S/C9H12F2N2O/c10-6-3-5(8(12)1-2-14)4-7(11)9(6)13/h3-4,8,14H,1-2,12-13H2/t8-/m1/s1. The second-order valence-corrected chi connectivity index (χ2v) is 3.02. The molecule has 0 heterocycles. The van der Waals surface area contributed by atoms with Gasteiger partial charge in [0.15, 0.2) is 0 Å². The first-order valence-corrected chi connectivity index (χ1v) is 4.17. The van der Waals surface area contributed by atoms with Crippen molar-refractivity contribution in [2.24, 2.45) is 5.73 Å². The van der Waals surface area contributed by atoms with Crippen LogP contribution in [0.2, 0.25) is 0 Å². The lowest BCUT2D eigenvalue weighted by atomic mass is 10.0. The Bertz CT molecular complexity index is 308. The molecule has 0 bridgehead atoms. The van der Waals surface area contributed by atoms with E-state index in [9.17, 15) is 8.78 Å². The Labute approximate surface area is 80.3 Å². The van der Waals surface area contributed by atoms with Crippen LogP contribution < -0.4 is 11.5 Å². The second-order valence-electron chi connectivity index (χ2n) is 3.02. The predicted molar refractivity (Wildman–Crippen MR) is 49.4 cm³/mol. The van der Waals surface area contributed by atoms with Crippen molar-refractivity contribution in [1.82, 2.24) is 0 Å². The Kier molecular flexibility index (Phi) is 3.38. The predicted octanol–water partition coefficient (Wildman–Crippen LogP) is 0.929. The summed E-state index contributed by atoms with van der Waals surface area (Å²) in [5, 5.41) is 8.60. The molecule has 1 atom stereocenters. The van der Waals surface area contributed by atoms with Crippen molar-refractivity contribution >= 4 is 5.69 Å². The molecule has 0 saturated heterocycles. The molecule has 1 aromatic carbocycles. The van der Waals surface area contributed by atoms with E-state index in [1.165, 1.54) is 0 Å². The monoisotopic (exact) mass is 202 g/mol. The van der Waals surface area contributed by atoms with E-state index in [-0.39, 0.29) is 13.0 Å². The third-order valence-electron chi connectivity index (χ3n) is 1.97. The summed E-state index contributed by atoms with van der Waals surface area (Å²) in [5.74, 6) is -1.65. The quantitative estimate of drug-likeness (QED) is 0.638. The molecule has 0 saturated carbocycles. The van der Waals surface area contributed by atoms with Gasteiger partial charge in [0.25, 0.3) is 0 Å². The highest BCUT2D eigenvalue weighted by Crippen LogP contribution is 2.21. The number of aliphatic hydroxyl groups excluding tert-OH is 1. The molecule has 0 aromatic heterocycles. The van der Waals surface area contributed by atoms with E-state index < -0.39 is 23.4 Å². The largest absolute Gasteiger partial charge is 0.396 e. The minimum Gasteiger partial charge on any atom is -0.396 e. The van der Waals surface area contributed by atoms with Crippen LogP contribution in [-0.2, 0) is 0 Å². The maximum atomic E-state index is 13.0. The fraction of sp³-hybridized carbons (Fsp3) is 0.333. The van der Waals surface area contributed by atoms with E-state index in [1.807, 2.05) is 0 Å².